The lowest BCUT2D eigenvalue weighted by atomic mass is 10.1. The minimum Gasteiger partial charge on any atom is -0.345 e. The van der Waals surface area contributed by atoms with E-state index in [-0.39, 0.29) is 22.7 Å². The van der Waals surface area contributed by atoms with Crippen molar-refractivity contribution in [3.8, 4) is 5.69 Å². The molecule has 0 bridgehead atoms. The van der Waals surface area contributed by atoms with Gasteiger partial charge >= 0.3 is 0 Å². The molecule has 0 saturated carbocycles. The van der Waals surface area contributed by atoms with Crippen molar-refractivity contribution in [2.75, 3.05) is 7.05 Å². The van der Waals surface area contributed by atoms with Crippen molar-refractivity contribution < 1.29 is 17.6 Å². The standard InChI is InChI=1S/C20H21FN4O3S/c1-13(19-12-23-25(14(19)2)17-8-6-16(21)7-9-17)24-20(26)15-4-10-18(11-5-15)29(27,28)22-3/h4-13,22H,1-3H3,(H,24,26). The monoisotopic (exact) mass is 416 g/mol. The van der Waals surface area contributed by atoms with Gasteiger partial charge in [0.05, 0.1) is 22.8 Å². The average molecular weight is 416 g/mol. The van der Waals surface area contributed by atoms with Crippen LogP contribution >= 0.6 is 0 Å². The van der Waals surface area contributed by atoms with Crippen LogP contribution in [-0.4, -0.2) is 31.2 Å². The van der Waals surface area contributed by atoms with Gasteiger partial charge in [0.25, 0.3) is 5.91 Å². The van der Waals surface area contributed by atoms with Crippen LogP contribution in [0.2, 0.25) is 0 Å². The molecule has 29 heavy (non-hydrogen) atoms. The van der Waals surface area contributed by atoms with Crippen molar-refractivity contribution in [1.82, 2.24) is 19.8 Å². The van der Waals surface area contributed by atoms with Crippen LogP contribution in [0.5, 0.6) is 0 Å². The van der Waals surface area contributed by atoms with E-state index in [2.05, 4.69) is 15.1 Å². The number of carbonyl (C=O) groups is 1. The molecule has 1 aromatic heterocycles. The van der Waals surface area contributed by atoms with Gasteiger partial charge in [0.15, 0.2) is 0 Å². The molecule has 1 amide bonds. The first-order valence-electron chi connectivity index (χ1n) is 8.88. The second kappa shape index (κ2) is 8.14. The van der Waals surface area contributed by atoms with E-state index in [0.29, 0.717) is 5.56 Å². The predicted octanol–water partition coefficient (Wildman–Crippen LogP) is 2.72. The highest BCUT2D eigenvalue weighted by Gasteiger charge is 2.18. The zero-order valence-corrected chi connectivity index (χ0v) is 17.0. The summed E-state index contributed by atoms with van der Waals surface area (Å²) in [5, 5.41) is 7.22. The van der Waals surface area contributed by atoms with Gasteiger partial charge in [-0.05, 0) is 69.4 Å². The molecule has 0 aliphatic carbocycles. The molecular weight excluding hydrogens is 395 g/mol. The number of nitrogens with one attached hydrogen (secondary N) is 2. The molecular formula is C20H21FN4O3S. The number of benzene rings is 2. The van der Waals surface area contributed by atoms with Crippen molar-refractivity contribution in [3.05, 3.63) is 77.4 Å². The zero-order valence-electron chi connectivity index (χ0n) is 16.2. The lowest BCUT2D eigenvalue weighted by Crippen LogP contribution is -2.27. The molecule has 0 saturated heterocycles. The number of hydrogen-bond acceptors (Lipinski definition) is 4. The van der Waals surface area contributed by atoms with Gasteiger partial charge in [0.1, 0.15) is 5.82 Å². The number of aromatic nitrogens is 2. The first kappa shape index (κ1) is 20.7. The van der Waals surface area contributed by atoms with Crippen molar-refractivity contribution in [2.45, 2.75) is 24.8 Å². The smallest absolute Gasteiger partial charge is 0.251 e. The summed E-state index contributed by atoms with van der Waals surface area (Å²) in [5.41, 5.74) is 2.70. The molecule has 1 atom stereocenters. The van der Waals surface area contributed by atoms with Crippen molar-refractivity contribution in [2.24, 2.45) is 0 Å². The van der Waals surface area contributed by atoms with Gasteiger partial charge in [-0.3, -0.25) is 4.79 Å². The molecule has 0 fully saturated rings. The molecule has 3 aromatic rings. The normalized spacial score (nSPS) is 12.6. The van der Waals surface area contributed by atoms with Crippen LogP contribution in [0.3, 0.4) is 0 Å². The third-order valence-corrected chi connectivity index (χ3v) is 6.06. The van der Waals surface area contributed by atoms with E-state index in [0.717, 1.165) is 16.9 Å². The largest absolute Gasteiger partial charge is 0.345 e. The number of sulfonamides is 1. The molecule has 0 aliphatic rings. The fourth-order valence-corrected chi connectivity index (χ4v) is 3.68. The Morgan fingerprint density at radius 1 is 1.10 bits per heavy atom. The lowest BCUT2D eigenvalue weighted by molar-refractivity contribution is 0.0939. The fourth-order valence-electron chi connectivity index (χ4n) is 2.95. The van der Waals surface area contributed by atoms with Crippen LogP contribution in [0.15, 0.2) is 59.6 Å². The summed E-state index contributed by atoms with van der Waals surface area (Å²) in [6.07, 6.45) is 1.66. The Labute approximate surface area is 168 Å². The molecule has 3 rings (SSSR count). The number of nitrogens with zero attached hydrogens (tertiary/aromatic N) is 2. The third kappa shape index (κ3) is 4.36. The Hall–Kier alpha value is -3.04. The highest BCUT2D eigenvalue weighted by Crippen LogP contribution is 2.21. The maximum Gasteiger partial charge on any atom is 0.251 e. The molecule has 2 N–H and O–H groups in total. The number of amides is 1. The maximum atomic E-state index is 13.1. The molecule has 1 unspecified atom stereocenters. The Morgan fingerprint density at radius 2 is 1.72 bits per heavy atom. The SMILES string of the molecule is CNS(=O)(=O)c1ccc(C(=O)NC(C)c2cnn(-c3ccc(F)cc3)c2C)cc1. The Kier molecular flexibility index (Phi) is 5.81. The van der Waals surface area contributed by atoms with E-state index in [9.17, 15) is 17.6 Å². The van der Waals surface area contributed by atoms with E-state index < -0.39 is 10.0 Å². The van der Waals surface area contributed by atoms with Gasteiger partial charge in [-0.2, -0.15) is 5.10 Å². The summed E-state index contributed by atoms with van der Waals surface area (Å²) in [7, 11) is -2.23. The number of rotatable bonds is 6. The van der Waals surface area contributed by atoms with Crippen LogP contribution in [0, 0.1) is 12.7 Å². The summed E-state index contributed by atoms with van der Waals surface area (Å²) in [6.45, 7) is 3.70. The second-order valence-electron chi connectivity index (χ2n) is 6.50. The van der Waals surface area contributed by atoms with E-state index >= 15 is 0 Å². The van der Waals surface area contributed by atoms with Gasteiger partial charge in [-0.1, -0.05) is 0 Å². The van der Waals surface area contributed by atoms with Gasteiger partial charge in [-0.15, -0.1) is 0 Å². The van der Waals surface area contributed by atoms with Crippen molar-refractivity contribution in [1.29, 1.82) is 0 Å². The number of hydrogen-bond donors (Lipinski definition) is 2. The maximum absolute atomic E-state index is 13.1. The zero-order chi connectivity index (χ0) is 21.2. The first-order chi connectivity index (χ1) is 13.7. The minimum absolute atomic E-state index is 0.0843. The first-order valence-corrected chi connectivity index (χ1v) is 10.4. The average Bonchev–Trinajstić information content (AvgIpc) is 3.10. The van der Waals surface area contributed by atoms with E-state index in [1.54, 1.807) is 23.0 Å². The van der Waals surface area contributed by atoms with Crippen molar-refractivity contribution >= 4 is 15.9 Å². The minimum atomic E-state index is -3.55. The molecule has 2 aromatic carbocycles. The van der Waals surface area contributed by atoms with Crippen LogP contribution in [-0.2, 0) is 10.0 Å². The Bertz CT molecular complexity index is 1120. The summed E-state index contributed by atoms with van der Waals surface area (Å²) in [4.78, 5) is 12.6. The van der Waals surface area contributed by atoms with E-state index in [1.807, 2.05) is 13.8 Å². The Balaban J connectivity index is 1.76. The van der Waals surface area contributed by atoms with Gasteiger partial charge < -0.3 is 5.32 Å². The lowest BCUT2D eigenvalue weighted by Gasteiger charge is -2.14. The summed E-state index contributed by atoms with van der Waals surface area (Å²) < 4.78 is 40.6. The molecule has 0 aliphatic heterocycles. The highest BCUT2D eigenvalue weighted by atomic mass is 32.2. The highest BCUT2D eigenvalue weighted by molar-refractivity contribution is 7.89. The molecule has 1 heterocycles. The number of carbonyl (C=O) groups excluding carboxylic acids is 1. The molecule has 152 valence electrons. The van der Waals surface area contributed by atoms with Crippen LogP contribution in [0.4, 0.5) is 4.39 Å². The van der Waals surface area contributed by atoms with Crippen LogP contribution in [0.1, 0.15) is 34.6 Å². The predicted molar refractivity (Wildman–Crippen MR) is 107 cm³/mol. The summed E-state index contributed by atoms with van der Waals surface area (Å²) in [6, 6.07) is 11.3. The van der Waals surface area contributed by atoms with Crippen LogP contribution < -0.4 is 10.0 Å². The van der Waals surface area contributed by atoms with Gasteiger partial charge in [-0.25, -0.2) is 22.2 Å². The van der Waals surface area contributed by atoms with Crippen molar-refractivity contribution in [3.63, 3.8) is 0 Å². The van der Waals surface area contributed by atoms with E-state index in [1.165, 1.54) is 43.4 Å². The molecule has 7 nitrogen and oxygen atoms in total. The third-order valence-electron chi connectivity index (χ3n) is 4.63. The molecule has 9 heteroatoms. The van der Waals surface area contributed by atoms with Gasteiger partial charge in [0, 0.05) is 16.8 Å². The molecule has 0 spiro atoms. The van der Waals surface area contributed by atoms with E-state index in [4.69, 9.17) is 0 Å². The second-order valence-corrected chi connectivity index (χ2v) is 8.39. The van der Waals surface area contributed by atoms with Gasteiger partial charge in [0.2, 0.25) is 10.0 Å². The number of halogens is 1. The Morgan fingerprint density at radius 3 is 2.31 bits per heavy atom. The van der Waals surface area contributed by atoms with Crippen LogP contribution in [0.25, 0.3) is 5.69 Å². The topological polar surface area (TPSA) is 93.1 Å². The quantitative estimate of drug-likeness (QED) is 0.646. The fraction of sp³-hybridized carbons (Fsp3) is 0.200. The molecule has 0 radical (unpaired) electrons. The summed E-state index contributed by atoms with van der Waals surface area (Å²) >= 11 is 0. The summed E-state index contributed by atoms with van der Waals surface area (Å²) in [5.74, 6) is -0.659.